The SMILES string of the molecule is COc1cc(-c2cccc(C)c2NC(=O)N=[S@@](N)(=O)c2cnn3c2OCCC3)ccn1. The zero-order valence-electron chi connectivity index (χ0n) is 17.1. The Kier molecular flexibility index (Phi) is 5.61. The Bertz CT molecular complexity index is 1260. The number of benzene rings is 1. The number of hydrogen-bond acceptors (Lipinski definition) is 6. The van der Waals surface area contributed by atoms with Crippen LogP contribution in [0.4, 0.5) is 10.5 Å². The molecule has 3 aromatic rings. The van der Waals surface area contributed by atoms with E-state index in [9.17, 15) is 9.00 Å². The van der Waals surface area contributed by atoms with E-state index in [0.717, 1.165) is 23.1 Å². The van der Waals surface area contributed by atoms with Crippen LogP contribution in [0.2, 0.25) is 0 Å². The molecule has 10 nitrogen and oxygen atoms in total. The largest absolute Gasteiger partial charge is 0.481 e. The highest BCUT2D eigenvalue weighted by Gasteiger charge is 2.24. The van der Waals surface area contributed by atoms with Gasteiger partial charge in [0.25, 0.3) is 0 Å². The van der Waals surface area contributed by atoms with E-state index >= 15 is 0 Å². The van der Waals surface area contributed by atoms with E-state index in [1.807, 2.05) is 25.1 Å². The van der Waals surface area contributed by atoms with Crippen molar-refractivity contribution >= 4 is 21.6 Å². The van der Waals surface area contributed by atoms with Crippen molar-refractivity contribution < 1.29 is 18.5 Å². The number of hydrogen-bond donors (Lipinski definition) is 2. The van der Waals surface area contributed by atoms with Gasteiger partial charge in [-0.2, -0.15) is 5.10 Å². The minimum atomic E-state index is -3.55. The van der Waals surface area contributed by atoms with Crippen molar-refractivity contribution in [3.63, 3.8) is 0 Å². The van der Waals surface area contributed by atoms with Crippen molar-refractivity contribution in [2.45, 2.75) is 24.8 Å². The molecule has 0 spiro atoms. The molecular formula is C20H22N6O4S. The molecule has 1 atom stereocenters. The molecule has 162 valence electrons. The first-order valence-corrected chi connectivity index (χ1v) is 11.1. The third-order valence-corrected chi connectivity index (χ3v) is 6.15. The number of carbonyl (C=O) groups is 1. The molecular weight excluding hydrogens is 420 g/mol. The number of nitrogens with two attached hydrogens (primary N) is 1. The lowest BCUT2D eigenvalue weighted by Crippen LogP contribution is -2.21. The first kappa shape index (κ1) is 20.8. The number of anilines is 1. The highest BCUT2D eigenvalue weighted by atomic mass is 32.2. The maximum absolute atomic E-state index is 13.0. The van der Waals surface area contributed by atoms with Crippen LogP contribution in [0.5, 0.6) is 11.8 Å². The molecule has 1 aromatic carbocycles. The molecule has 11 heteroatoms. The maximum Gasteiger partial charge on any atom is 0.354 e. The second kappa shape index (κ2) is 8.36. The molecule has 31 heavy (non-hydrogen) atoms. The van der Waals surface area contributed by atoms with Crippen LogP contribution in [0.3, 0.4) is 0 Å². The van der Waals surface area contributed by atoms with Crippen LogP contribution in [0.25, 0.3) is 11.1 Å². The van der Waals surface area contributed by atoms with Crippen LogP contribution in [0, 0.1) is 6.92 Å². The molecule has 0 saturated carbocycles. The number of fused-ring (bicyclic) bond motifs is 1. The second-order valence-corrected chi connectivity index (χ2v) is 8.67. The smallest absolute Gasteiger partial charge is 0.354 e. The molecule has 0 fully saturated rings. The lowest BCUT2D eigenvalue weighted by molar-refractivity contribution is 0.224. The zero-order chi connectivity index (χ0) is 22.0. The standard InChI is InChI=1S/C20H22N6O4S/c1-13-5-3-6-15(14-7-8-22-17(11-14)29-2)18(13)24-20(27)25-31(21,28)16-12-23-26-9-4-10-30-19(16)26/h3,5-8,11-12H,4,9-10H2,1-2H3,(H3,21,24,25,27,28)/t31-/m1/s1. The van der Waals surface area contributed by atoms with E-state index in [-0.39, 0.29) is 10.8 Å². The molecule has 0 radical (unpaired) electrons. The number of rotatable bonds is 4. The summed E-state index contributed by atoms with van der Waals surface area (Å²) in [6.07, 6.45) is 3.73. The van der Waals surface area contributed by atoms with Crippen LogP contribution in [0.15, 0.2) is 52.0 Å². The van der Waals surface area contributed by atoms with Crippen molar-refractivity contribution in [2.24, 2.45) is 9.50 Å². The van der Waals surface area contributed by atoms with E-state index < -0.39 is 15.9 Å². The second-order valence-electron chi connectivity index (χ2n) is 6.91. The maximum atomic E-state index is 13.0. The molecule has 1 aliphatic heterocycles. The van der Waals surface area contributed by atoms with Gasteiger partial charge in [0.1, 0.15) is 4.90 Å². The van der Waals surface area contributed by atoms with Gasteiger partial charge in [-0.15, -0.1) is 4.36 Å². The summed E-state index contributed by atoms with van der Waals surface area (Å²) in [6.45, 7) is 2.93. The fourth-order valence-electron chi connectivity index (χ4n) is 3.31. The van der Waals surface area contributed by atoms with E-state index in [1.54, 1.807) is 23.0 Å². The summed E-state index contributed by atoms with van der Waals surface area (Å²) in [5.74, 6) is 0.729. The number of aryl methyl sites for hydroxylation is 2. The highest BCUT2D eigenvalue weighted by Crippen LogP contribution is 2.32. The van der Waals surface area contributed by atoms with Crippen molar-refractivity contribution in [1.29, 1.82) is 0 Å². The third-order valence-electron chi connectivity index (χ3n) is 4.81. The number of methoxy groups -OCH3 is 1. The summed E-state index contributed by atoms with van der Waals surface area (Å²) in [5.41, 5.74) is 2.84. The molecule has 0 unspecified atom stereocenters. The first-order valence-electron chi connectivity index (χ1n) is 9.53. The molecule has 0 bridgehead atoms. The van der Waals surface area contributed by atoms with Crippen molar-refractivity contribution in [3.8, 4) is 22.9 Å². The summed E-state index contributed by atoms with van der Waals surface area (Å²) in [6, 6.07) is 8.28. The Balaban J connectivity index is 1.67. The highest BCUT2D eigenvalue weighted by molar-refractivity contribution is 7.91. The van der Waals surface area contributed by atoms with Gasteiger partial charge in [0.15, 0.2) is 9.92 Å². The van der Waals surface area contributed by atoms with Gasteiger partial charge in [-0.3, -0.25) is 0 Å². The van der Waals surface area contributed by atoms with Crippen LogP contribution in [0.1, 0.15) is 12.0 Å². The monoisotopic (exact) mass is 442 g/mol. The summed E-state index contributed by atoms with van der Waals surface area (Å²) in [5, 5.41) is 12.8. The topological polar surface area (TPSA) is 134 Å². The first-order chi connectivity index (χ1) is 14.9. The summed E-state index contributed by atoms with van der Waals surface area (Å²) < 4.78 is 29.1. The quantitative estimate of drug-likeness (QED) is 0.638. The number of carbonyl (C=O) groups excluding carboxylic acids is 1. The molecule has 4 rings (SSSR count). The van der Waals surface area contributed by atoms with Crippen LogP contribution >= 0.6 is 0 Å². The molecule has 2 amide bonds. The average molecular weight is 443 g/mol. The molecule has 2 aromatic heterocycles. The Labute approximate surface area is 179 Å². The zero-order valence-corrected chi connectivity index (χ0v) is 17.9. The van der Waals surface area contributed by atoms with Crippen molar-refractivity contribution in [2.75, 3.05) is 19.0 Å². The van der Waals surface area contributed by atoms with Gasteiger partial charge in [0.2, 0.25) is 11.8 Å². The Morgan fingerprint density at radius 2 is 2.23 bits per heavy atom. The normalized spacial score (nSPS) is 14.7. The van der Waals surface area contributed by atoms with Gasteiger partial charge < -0.3 is 14.8 Å². The van der Waals surface area contributed by atoms with Crippen LogP contribution < -0.4 is 19.9 Å². The van der Waals surface area contributed by atoms with Crippen LogP contribution in [-0.2, 0) is 16.5 Å². The molecule has 3 N–H and O–H groups in total. The Hall–Kier alpha value is -3.44. The van der Waals surface area contributed by atoms with Crippen molar-refractivity contribution in [3.05, 3.63) is 48.3 Å². The molecule has 0 aliphatic carbocycles. The lowest BCUT2D eigenvalue weighted by Gasteiger charge is -2.16. The Morgan fingerprint density at radius 3 is 3.03 bits per heavy atom. The molecule has 3 heterocycles. The van der Waals surface area contributed by atoms with Gasteiger partial charge in [-0.05, 0) is 24.1 Å². The molecule has 1 aliphatic rings. The van der Waals surface area contributed by atoms with E-state index in [4.69, 9.17) is 14.6 Å². The summed E-state index contributed by atoms with van der Waals surface area (Å²) >= 11 is 0. The molecule has 0 saturated heterocycles. The minimum absolute atomic E-state index is 0.103. The predicted molar refractivity (Wildman–Crippen MR) is 115 cm³/mol. The van der Waals surface area contributed by atoms with Gasteiger partial charge in [-0.25, -0.2) is 23.8 Å². The number of amides is 2. The van der Waals surface area contributed by atoms with E-state index in [0.29, 0.717) is 24.7 Å². The number of nitrogens with one attached hydrogen (secondary N) is 1. The van der Waals surface area contributed by atoms with Crippen molar-refractivity contribution in [1.82, 2.24) is 14.8 Å². The number of urea groups is 1. The van der Waals surface area contributed by atoms with E-state index in [2.05, 4.69) is 19.8 Å². The minimum Gasteiger partial charge on any atom is -0.481 e. The van der Waals surface area contributed by atoms with Crippen LogP contribution in [-0.4, -0.2) is 38.7 Å². The number of para-hydroxylation sites is 1. The fourth-order valence-corrected chi connectivity index (χ4v) is 4.31. The summed E-state index contributed by atoms with van der Waals surface area (Å²) in [7, 11) is -2.03. The number of pyridine rings is 1. The number of ether oxygens (including phenoxy) is 2. The van der Waals surface area contributed by atoms with E-state index in [1.165, 1.54) is 13.3 Å². The van der Waals surface area contributed by atoms with Gasteiger partial charge in [-0.1, -0.05) is 18.2 Å². The van der Waals surface area contributed by atoms with Gasteiger partial charge in [0, 0.05) is 30.8 Å². The Morgan fingerprint density at radius 1 is 1.39 bits per heavy atom. The number of aromatic nitrogens is 3. The lowest BCUT2D eigenvalue weighted by atomic mass is 10.0. The number of nitrogens with zero attached hydrogens (tertiary/aromatic N) is 4. The summed E-state index contributed by atoms with van der Waals surface area (Å²) in [4.78, 5) is 16.9. The predicted octanol–water partition coefficient (Wildman–Crippen LogP) is 2.98. The average Bonchev–Trinajstić information content (AvgIpc) is 3.20. The van der Waals surface area contributed by atoms with Gasteiger partial charge in [0.05, 0.1) is 25.6 Å². The fraction of sp³-hybridized carbons (Fsp3) is 0.250. The van der Waals surface area contributed by atoms with Gasteiger partial charge >= 0.3 is 6.03 Å². The third kappa shape index (κ3) is 4.23.